The topological polar surface area (TPSA) is 119 Å². The van der Waals surface area contributed by atoms with Crippen LogP contribution in [0.3, 0.4) is 0 Å². The van der Waals surface area contributed by atoms with E-state index in [9.17, 15) is 19.7 Å². The average molecular weight is 463 g/mol. The lowest BCUT2D eigenvalue weighted by molar-refractivity contribution is -0.384. The lowest BCUT2D eigenvalue weighted by Crippen LogP contribution is -2.12. The quantitative estimate of drug-likeness (QED) is 0.298. The normalized spacial score (nSPS) is 7.86. The number of carbonyl (C=O) groups is 2. The number of rotatable bonds is 4. The minimum absolute atomic E-state index is 0.0838. The molecule has 0 atom stereocenters. The van der Waals surface area contributed by atoms with Crippen molar-refractivity contribution in [3.05, 3.63) is 31.8 Å². The van der Waals surface area contributed by atoms with E-state index < -0.39 is 16.8 Å². The Balaban J connectivity index is -0.000000318. The van der Waals surface area contributed by atoms with Crippen molar-refractivity contribution in [1.29, 1.82) is 0 Å². The zero-order valence-corrected chi connectivity index (χ0v) is 19.3. The Hall–Kier alpha value is -2.44. The molecule has 0 saturated carbocycles. The predicted octanol–water partition coefficient (Wildman–Crippen LogP) is 4.25. The molecule has 0 aliphatic carbocycles. The molecule has 2 N–H and O–H groups in total. The smallest absolute Gasteiger partial charge is 0.310 e. The number of terminal acetylenes is 1. The van der Waals surface area contributed by atoms with E-state index in [1.54, 1.807) is 0 Å². The number of hydrogen-bond donors (Lipinski definition) is 2. The summed E-state index contributed by atoms with van der Waals surface area (Å²) >= 11 is 3.25. The van der Waals surface area contributed by atoms with Gasteiger partial charge >= 0.3 is 5.97 Å². The first-order chi connectivity index (χ1) is 13.3. The van der Waals surface area contributed by atoms with Gasteiger partial charge in [-0.3, -0.25) is 19.7 Å². The lowest BCUT2D eigenvalue weighted by atomic mass is 10.0. The summed E-state index contributed by atoms with van der Waals surface area (Å²) in [5.74, 6) is -0.921. The first-order valence-electron chi connectivity index (χ1n) is 8.36. The van der Waals surface area contributed by atoms with E-state index in [2.05, 4.69) is 38.8 Å². The molecule has 0 aliphatic heterocycles. The molecule has 0 spiro atoms. The molecule has 1 aromatic carbocycles. The molecule has 1 amide bonds. The molecule has 0 aromatic heterocycles. The van der Waals surface area contributed by atoms with Gasteiger partial charge in [0.05, 0.1) is 18.5 Å². The fourth-order valence-electron chi connectivity index (χ4n) is 1.76. The number of aliphatic hydroxyl groups excluding tert-OH is 1. The SMILES string of the molecule is C#C.CC.CC.CO.COC(=O)Cc1c(Br)cc(NC(C)=O)c([N+](=O)[O-])c1C. The number of nitrogens with one attached hydrogen (secondary N) is 1. The second-order valence-corrected chi connectivity index (χ2v) is 4.90. The first kappa shape index (κ1) is 33.2. The molecule has 0 saturated heterocycles. The number of nitro benzene ring substituents is 1. The summed E-state index contributed by atoms with van der Waals surface area (Å²) in [7, 11) is 2.24. The van der Waals surface area contributed by atoms with Gasteiger partial charge in [-0.2, -0.15) is 0 Å². The lowest BCUT2D eigenvalue weighted by Gasteiger charge is -2.12. The summed E-state index contributed by atoms with van der Waals surface area (Å²) in [6.45, 7) is 10.8. The highest BCUT2D eigenvalue weighted by Gasteiger charge is 2.24. The molecular weight excluding hydrogens is 432 g/mol. The van der Waals surface area contributed by atoms with Crippen LogP contribution in [0.15, 0.2) is 10.5 Å². The maximum Gasteiger partial charge on any atom is 0.310 e. The number of nitrogens with zero attached hydrogens (tertiary/aromatic N) is 1. The number of hydrogen-bond acceptors (Lipinski definition) is 6. The number of methoxy groups -OCH3 is 1. The molecule has 0 bridgehead atoms. The van der Waals surface area contributed by atoms with Crippen molar-refractivity contribution >= 4 is 39.2 Å². The van der Waals surface area contributed by atoms with E-state index in [1.165, 1.54) is 27.0 Å². The summed E-state index contributed by atoms with van der Waals surface area (Å²) in [5.41, 5.74) is 0.610. The number of benzene rings is 1. The summed E-state index contributed by atoms with van der Waals surface area (Å²) in [5, 5.41) is 20.6. The van der Waals surface area contributed by atoms with E-state index in [0.29, 0.717) is 15.6 Å². The molecule has 9 heteroatoms. The zero-order valence-electron chi connectivity index (χ0n) is 17.8. The highest BCUT2D eigenvalue weighted by atomic mass is 79.9. The van der Waals surface area contributed by atoms with Crippen LogP contribution in [0.4, 0.5) is 11.4 Å². The van der Waals surface area contributed by atoms with Gasteiger partial charge in [-0.15, -0.1) is 12.8 Å². The van der Waals surface area contributed by atoms with Crippen LogP contribution in [-0.4, -0.2) is 36.1 Å². The summed E-state index contributed by atoms with van der Waals surface area (Å²) in [4.78, 5) is 33.0. The highest BCUT2D eigenvalue weighted by Crippen LogP contribution is 2.36. The summed E-state index contributed by atoms with van der Waals surface area (Å²) < 4.78 is 5.06. The molecule has 0 aliphatic rings. The van der Waals surface area contributed by atoms with Crippen molar-refractivity contribution in [2.75, 3.05) is 19.5 Å². The Morgan fingerprint density at radius 2 is 1.68 bits per heavy atom. The van der Waals surface area contributed by atoms with Gasteiger partial charge in [-0.1, -0.05) is 43.6 Å². The van der Waals surface area contributed by atoms with Crippen LogP contribution in [0.2, 0.25) is 0 Å². The number of esters is 1. The third-order valence-electron chi connectivity index (χ3n) is 2.66. The number of halogens is 1. The molecule has 0 heterocycles. The minimum atomic E-state index is -0.589. The van der Waals surface area contributed by atoms with E-state index in [0.717, 1.165) is 7.11 Å². The van der Waals surface area contributed by atoms with Crippen LogP contribution in [0.5, 0.6) is 0 Å². The van der Waals surface area contributed by atoms with Crippen molar-refractivity contribution in [3.63, 3.8) is 0 Å². The number of nitro groups is 1. The Morgan fingerprint density at radius 3 is 2.00 bits per heavy atom. The standard InChI is InChI=1S/C12H13BrN2O5.2C2H6.C2H2.CH4O/c1-6-8(4-11(17)20-3)9(13)5-10(14-7(2)16)12(6)15(18)19;4*1-2/h5H,4H2,1-3H3,(H,14,16);2*1-2H3;1-2H;2H,1H3. The van der Waals surface area contributed by atoms with Gasteiger partial charge in [0.25, 0.3) is 5.69 Å². The van der Waals surface area contributed by atoms with Gasteiger partial charge in [0.1, 0.15) is 5.69 Å². The van der Waals surface area contributed by atoms with Gasteiger partial charge < -0.3 is 15.2 Å². The van der Waals surface area contributed by atoms with Gasteiger partial charge in [-0.05, 0) is 18.6 Å². The van der Waals surface area contributed by atoms with Gasteiger partial charge in [0.15, 0.2) is 0 Å². The molecule has 8 nitrogen and oxygen atoms in total. The van der Waals surface area contributed by atoms with Crippen LogP contribution >= 0.6 is 15.9 Å². The van der Waals surface area contributed by atoms with E-state index >= 15 is 0 Å². The number of anilines is 1. The fraction of sp³-hybridized carbons (Fsp3) is 0.474. The monoisotopic (exact) mass is 462 g/mol. The second-order valence-electron chi connectivity index (χ2n) is 4.05. The second kappa shape index (κ2) is 20.9. The minimum Gasteiger partial charge on any atom is -0.469 e. The van der Waals surface area contributed by atoms with Crippen molar-refractivity contribution in [2.45, 2.75) is 48.0 Å². The molecule has 0 radical (unpaired) electrons. The van der Waals surface area contributed by atoms with Crippen LogP contribution in [0, 0.1) is 29.9 Å². The largest absolute Gasteiger partial charge is 0.469 e. The Kier molecular flexibility index (Phi) is 24.7. The van der Waals surface area contributed by atoms with Crippen molar-refractivity contribution in [3.8, 4) is 12.8 Å². The third-order valence-corrected chi connectivity index (χ3v) is 3.37. The average Bonchev–Trinajstić information content (AvgIpc) is 2.70. The predicted molar refractivity (Wildman–Crippen MR) is 116 cm³/mol. The van der Waals surface area contributed by atoms with Gasteiger partial charge in [0, 0.05) is 24.1 Å². The summed E-state index contributed by atoms with van der Waals surface area (Å²) in [6, 6.07) is 1.41. The third kappa shape index (κ3) is 12.0. The number of ether oxygens (including phenoxy) is 1. The molecule has 160 valence electrons. The highest BCUT2D eigenvalue weighted by molar-refractivity contribution is 9.10. The molecule has 1 aromatic rings. The van der Waals surface area contributed by atoms with Crippen molar-refractivity contribution in [2.24, 2.45) is 0 Å². The molecule has 28 heavy (non-hydrogen) atoms. The molecule has 0 unspecified atom stereocenters. The zero-order chi connectivity index (χ0) is 23.4. The number of amides is 1. The van der Waals surface area contributed by atoms with Gasteiger partial charge in [0.2, 0.25) is 5.91 Å². The van der Waals surface area contributed by atoms with Gasteiger partial charge in [-0.25, -0.2) is 0 Å². The van der Waals surface area contributed by atoms with Crippen LogP contribution < -0.4 is 5.32 Å². The first-order valence-corrected chi connectivity index (χ1v) is 9.16. The van der Waals surface area contributed by atoms with E-state index in [4.69, 9.17) is 5.11 Å². The fourth-order valence-corrected chi connectivity index (χ4v) is 2.43. The maximum atomic E-state index is 11.3. The Bertz CT molecular complexity index is 631. The Labute approximate surface area is 175 Å². The van der Waals surface area contributed by atoms with E-state index in [1.807, 2.05) is 27.7 Å². The summed E-state index contributed by atoms with van der Waals surface area (Å²) in [6.07, 6.45) is 7.91. The van der Waals surface area contributed by atoms with E-state index in [-0.39, 0.29) is 17.8 Å². The molecule has 1 rings (SSSR count). The Morgan fingerprint density at radius 1 is 1.25 bits per heavy atom. The van der Waals surface area contributed by atoms with Crippen molar-refractivity contribution in [1.82, 2.24) is 0 Å². The van der Waals surface area contributed by atoms with Crippen LogP contribution in [-0.2, 0) is 20.7 Å². The number of carbonyl (C=O) groups excluding carboxylic acids is 2. The van der Waals surface area contributed by atoms with Crippen LogP contribution in [0.1, 0.15) is 45.7 Å². The molecular formula is C19H31BrN2O6. The van der Waals surface area contributed by atoms with Crippen molar-refractivity contribution < 1.29 is 24.4 Å². The maximum absolute atomic E-state index is 11.3. The number of aliphatic hydroxyl groups is 1. The molecule has 0 fully saturated rings. The van der Waals surface area contributed by atoms with Crippen LogP contribution in [0.25, 0.3) is 0 Å².